The van der Waals surface area contributed by atoms with Crippen LogP contribution in [0.5, 0.6) is 0 Å². The van der Waals surface area contributed by atoms with Crippen molar-refractivity contribution in [3.63, 3.8) is 0 Å². The maximum Gasteiger partial charge on any atom is 0.242 e. The Hall–Kier alpha value is -0.720. The zero-order valence-corrected chi connectivity index (χ0v) is 14.0. The second kappa shape index (κ2) is 7.90. The number of benzene rings is 1. The van der Waals surface area contributed by atoms with Crippen LogP contribution in [0.2, 0.25) is 0 Å². The predicted molar refractivity (Wildman–Crippen MR) is 87.7 cm³/mol. The number of nitrogen functional groups attached to an aromatic ring is 1. The van der Waals surface area contributed by atoms with Crippen LogP contribution < -0.4 is 10.5 Å². The number of hydrogen-bond acceptors (Lipinski definition) is 4. The minimum Gasteiger partial charge on any atom is -0.398 e. The molecule has 0 aliphatic carbocycles. The first-order valence-corrected chi connectivity index (χ1v) is 9.61. The molecule has 0 spiro atoms. The number of thioether (sulfide) groups is 1. The number of nitrogens with one attached hydrogen (secondary N) is 1. The molecule has 1 aromatic rings. The summed E-state index contributed by atoms with van der Waals surface area (Å²) in [4.78, 5) is 0.185. The predicted octanol–water partition coefficient (Wildman–Crippen LogP) is 2.70. The van der Waals surface area contributed by atoms with Crippen LogP contribution in [0.25, 0.3) is 0 Å². The van der Waals surface area contributed by atoms with E-state index in [0.29, 0.717) is 12.2 Å². The van der Waals surface area contributed by atoms with E-state index >= 15 is 0 Å². The summed E-state index contributed by atoms with van der Waals surface area (Å²) in [6, 6.07) is 3.35. The lowest BCUT2D eigenvalue weighted by molar-refractivity contribution is 0.576. The van der Waals surface area contributed by atoms with Crippen LogP contribution in [0.15, 0.2) is 17.0 Å². The second-order valence-electron chi connectivity index (χ2n) is 4.93. The van der Waals surface area contributed by atoms with Gasteiger partial charge in [0.15, 0.2) is 0 Å². The summed E-state index contributed by atoms with van der Waals surface area (Å²) in [5, 5.41) is 0. The Labute approximate surface area is 126 Å². The fourth-order valence-corrected chi connectivity index (χ4v) is 3.64. The van der Waals surface area contributed by atoms with E-state index < -0.39 is 10.0 Å². The largest absolute Gasteiger partial charge is 0.398 e. The van der Waals surface area contributed by atoms with Gasteiger partial charge in [-0.3, -0.25) is 0 Å². The second-order valence-corrected chi connectivity index (χ2v) is 7.65. The van der Waals surface area contributed by atoms with Crippen LogP contribution in [0.3, 0.4) is 0 Å². The molecular weight excluding hydrogens is 292 g/mol. The zero-order valence-electron chi connectivity index (χ0n) is 12.4. The Morgan fingerprint density at radius 1 is 1.15 bits per heavy atom. The van der Waals surface area contributed by atoms with Crippen molar-refractivity contribution in [1.29, 1.82) is 0 Å². The molecule has 20 heavy (non-hydrogen) atoms. The molecule has 6 heteroatoms. The molecule has 3 N–H and O–H groups in total. The Bertz CT molecular complexity index is 542. The summed E-state index contributed by atoms with van der Waals surface area (Å²) < 4.78 is 27.0. The third-order valence-corrected chi connectivity index (χ3v) is 5.45. The van der Waals surface area contributed by atoms with Gasteiger partial charge in [-0.15, -0.1) is 0 Å². The number of hydrogen-bond donors (Lipinski definition) is 2. The van der Waals surface area contributed by atoms with Gasteiger partial charge < -0.3 is 5.73 Å². The van der Waals surface area contributed by atoms with E-state index in [2.05, 4.69) is 11.0 Å². The first kappa shape index (κ1) is 17.3. The van der Waals surface area contributed by atoms with Gasteiger partial charge in [-0.05, 0) is 62.0 Å². The van der Waals surface area contributed by atoms with E-state index in [9.17, 15) is 8.42 Å². The van der Waals surface area contributed by atoms with Crippen molar-refractivity contribution >= 4 is 27.5 Å². The molecule has 0 radical (unpaired) electrons. The van der Waals surface area contributed by atoms with Crippen molar-refractivity contribution < 1.29 is 8.42 Å². The lowest BCUT2D eigenvalue weighted by Crippen LogP contribution is -2.25. The standard InChI is InChI=1S/C14H24N2O2S2/c1-11-9-13(15)14(10-12(11)2)20(17,18)16-7-5-4-6-8-19-3/h9-10,16H,4-8,15H2,1-3H3. The fourth-order valence-electron chi connectivity index (χ4n) is 1.88. The summed E-state index contributed by atoms with van der Waals surface area (Å²) in [5.74, 6) is 1.12. The number of rotatable bonds is 8. The summed E-state index contributed by atoms with van der Waals surface area (Å²) in [6.45, 7) is 4.26. The molecule has 1 rings (SSSR count). The topological polar surface area (TPSA) is 72.2 Å². The number of nitrogens with two attached hydrogens (primary N) is 1. The van der Waals surface area contributed by atoms with Gasteiger partial charge in [0, 0.05) is 6.54 Å². The molecule has 4 nitrogen and oxygen atoms in total. The van der Waals surface area contributed by atoms with Gasteiger partial charge in [-0.1, -0.05) is 6.42 Å². The van der Waals surface area contributed by atoms with Crippen molar-refractivity contribution in [2.24, 2.45) is 0 Å². The fraction of sp³-hybridized carbons (Fsp3) is 0.571. The van der Waals surface area contributed by atoms with Crippen LogP contribution in [0.1, 0.15) is 30.4 Å². The molecule has 1 aromatic carbocycles. The highest BCUT2D eigenvalue weighted by atomic mass is 32.2. The molecule has 0 bridgehead atoms. The highest BCUT2D eigenvalue weighted by molar-refractivity contribution is 7.98. The SMILES string of the molecule is CSCCCCCNS(=O)(=O)c1cc(C)c(C)cc1N. The van der Waals surface area contributed by atoms with Gasteiger partial charge in [0.2, 0.25) is 10.0 Å². The number of aryl methyl sites for hydroxylation is 2. The lowest BCUT2D eigenvalue weighted by atomic mass is 10.1. The smallest absolute Gasteiger partial charge is 0.242 e. The third-order valence-electron chi connectivity index (χ3n) is 3.23. The number of unbranched alkanes of at least 4 members (excludes halogenated alkanes) is 2. The minimum atomic E-state index is -3.50. The molecule has 0 heterocycles. The van der Waals surface area contributed by atoms with Crippen LogP contribution in [0.4, 0.5) is 5.69 Å². The molecular formula is C14H24N2O2S2. The molecule has 0 unspecified atom stereocenters. The molecule has 0 fully saturated rings. The van der Waals surface area contributed by atoms with E-state index in [-0.39, 0.29) is 4.90 Å². The van der Waals surface area contributed by atoms with Gasteiger partial charge in [0.25, 0.3) is 0 Å². The van der Waals surface area contributed by atoms with Crippen LogP contribution in [-0.2, 0) is 10.0 Å². The van der Waals surface area contributed by atoms with Crippen LogP contribution in [0, 0.1) is 13.8 Å². The molecule has 0 aliphatic rings. The quantitative estimate of drug-likeness (QED) is 0.571. The van der Waals surface area contributed by atoms with E-state index in [1.54, 1.807) is 12.1 Å². The van der Waals surface area contributed by atoms with E-state index in [1.165, 1.54) is 0 Å². The maximum absolute atomic E-state index is 12.2. The first-order valence-electron chi connectivity index (χ1n) is 6.74. The minimum absolute atomic E-state index is 0.185. The Morgan fingerprint density at radius 2 is 1.80 bits per heavy atom. The molecule has 0 aromatic heterocycles. The van der Waals surface area contributed by atoms with Crippen molar-refractivity contribution in [3.05, 3.63) is 23.3 Å². The third kappa shape index (κ3) is 5.00. The van der Waals surface area contributed by atoms with E-state index in [1.807, 2.05) is 25.6 Å². The molecule has 0 saturated heterocycles. The van der Waals surface area contributed by atoms with Gasteiger partial charge in [0.05, 0.1) is 5.69 Å². The van der Waals surface area contributed by atoms with E-state index in [0.717, 1.165) is 36.1 Å². The average Bonchev–Trinajstić information content (AvgIpc) is 2.37. The summed E-state index contributed by atoms with van der Waals surface area (Å²) >= 11 is 1.81. The first-order chi connectivity index (χ1) is 9.38. The average molecular weight is 316 g/mol. The highest BCUT2D eigenvalue weighted by Gasteiger charge is 2.17. The van der Waals surface area contributed by atoms with Gasteiger partial charge in [-0.2, -0.15) is 11.8 Å². The molecule has 114 valence electrons. The Kier molecular flexibility index (Phi) is 6.85. The van der Waals surface area contributed by atoms with Crippen molar-refractivity contribution in [1.82, 2.24) is 4.72 Å². The van der Waals surface area contributed by atoms with Gasteiger partial charge >= 0.3 is 0 Å². The van der Waals surface area contributed by atoms with Gasteiger partial charge in [0.1, 0.15) is 4.90 Å². The Morgan fingerprint density at radius 3 is 2.45 bits per heavy atom. The summed E-state index contributed by atoms with van der Waals surface area (Å²) in [6.07, 6.45) is 5.08. The maximum atomic E-state index is 12.2. The van der Waals surface area contributed by atoms with Gasteiger partial charge in [-0.25, -0.2) is 13.1 Å². The lowest BCUT2D eigenvalue weighted by Gasteiger charge is -2.11. The van der Waals surface area contributed by atoms with Crippen LogP contribution >= 0.6 is 11.8 Å². The number of anilines is 1. The number of sulfonamides is 1. The highest BCUT2D eigenvalue weighted by Crippen LogP contribution is 2.22. The van der Waals surface area contributed by atoms with Crippen molar-refractivity contribution in [3.8, 4) is 0 Å². The molecule has 0 saturated carbocycles. The van der Waals surface area contributed by atoms with Crippen molar-refractivity contribution in [2.75, 3.05) is 24.3 Å². The zero-order chi connectivity index (χ0) is 15.2. The summed E-state index contributed by atoms with van der Waals surface area (Å²) in [7, 11) is -3.50. The Balaban J connectivity index is 2.63. The molecule has 0 aliphatic heterocycles. The normalized spacial score (nSPS) is 11.8. The molecule has 0 atom stereocenters. The monoisotopic (exact) mass is 316 g/mol. The van der Waals surface area contributed by atoms with Crippen LogP contribution in [-0.4, -0.2) is 27.0 Å². The molecule has 0 amide bonds. The summed E-state index contributed by atoms with van der Waals surface area (Å²) in [5.41, 5.74) is 8.06. The van der Waals surface area contributed by atoms with E-state index in [4.69, 9.17) is 5.73 Å². The van der Waals surface area contributed by atoms with Crippen molar-refractivity contribution in [2.45, 2.75) is 38.0 Å².